The van der Waals surface area contributed by atoms with Gasteiger partial charge in [0.1, 0.15) is 11.3 Å². The number of hydrogen-bond donors (Lipinski definition) is 0. The van der Waals surface area contributed by atoms with Gasteiger partial charge in [0.25, 0.3) is 0 Å². The van der Waals surface area contributed by atoms with Crippen LogP contribution < -0.4 is 4.90 Å². The molecule has 132 valence electrons. The lowest BCUT2D eigenvalue weighted by molar-refractivity contribution is 0.415. The maximum Gasteiger partial charge on any atom is 0.207 e. The number of nitrogens with zero attached hydrogens (tertiary/aromatic N) is 5. The van der Waals surface area contributed by atoms with Crippen LogP contribution in [-0.2, 0) is 7.05 Å². The van der Waals surface area contributed by atoms with Crippen molar-refractivity contribution in [1.29, 1.82) is 0 Å². The highest BCUT2D eigenvalue weighted by Gasteiger charge is 2.27. The summed E-state index contributed by atoms with van der Waals surface area (Å²) in [5.74, 6) is 0.959. The van der Waals surface area contributed by atoms with Crippen LogP contribution in [0.15, 0.2) is 41.1 Å². The van der Waals surface area contributed by atoms with E-state index < -0.39 is 0 Å². The first kappa shape index (κ1) is 15.3. The molecule has 7 heteroatoms. The van der Waals surface area contributed by atoms with E-state index in [2.05, 4.69) is 15.0 Å². The highest BCUT2D eigenvalue weighted by atomic mass is 19.1. The fraction of sp³-hybridized carbons (Fsp3) is 0.316. The van der Waals surface area contributed by atoms with E-state index in [0.29, 0.717) is 11.5 Å². The van der Waals surface area contributed by atoms with Crippen LogP contribution in [0.5, 0.6) is 0 Å². The molecule has 1 fully saturated rings. The summed E-state index contributed by atoms with van der Waals surface area (Å²) in [6.07, 6.45) is 3.70. The number of piperidine rings is 1. The number of hydrogen-bond acceptors (Lipinski definition) is 5. The number of pyridine rings is 1. The molecule has 0 bridgehead atoms. The van der Waals surface area contributed by atoms with Crippen LogP contribution in [-0.4, -0.2) is 32.8 Å². The molecule has 0 saturated carbocycles. The van der Waals surface area contributed by atoms with Crippen molar-refractivity contribution < 1.29 is 8.91 Å². The molecular weight excluding hydrogens is 333 g/mol. The van der Waals surface area contributed by atoms with E-state index in [1.165, 1.54) is 12.1 Å². The molecule has 3 aromatic heterocycles. The van der Waals surface area contributed by atoms with E-state index in [0.717, 1.165) is 54.1 Å². The van der Waals surface area contributed by atoms with Crippen molar-refractivity contribution in [2.24, 2.45) is 7.05 Å². The number of halogens is 1. The maximum absolute atomic E-state index is 13.3. The predicted molar refractivity (Wildman–Crippen MR) is 96.7 cm³/mol. The van der Waals surface area contributed by atoms with Crippen molar-refractivity contribution in [1.82, 2.24) is 19.7 Å². The minimum atomic E-state index is -0.300. The van der Waals surface area contributed by atoms with Crippen LogP contribution in [0.25, 0.3) is 22.1 Å². The molecule has 0 N–H and O–H groups in total. The summed E-state index contributed by atoms with van der Waals surface area (Å²) in [5.41, 5.74) is 3.26. The van der Waals surface area contributed by atoms with Gasteiger partial charge in [-0.25, -0.2) is 14.4 Å². The SMILES string of the molecule is Cn1c(N2CCC(c3noc4cc(F)ccc34)CC2)nc2cccnc21. The molecule has 0 unspecified atom stereocenters. The Morgan fingerprint density at radius 3 is 2.85 bits per heavy atom. The van der Waals surface area contributed by atoms with Gasteiger partial charge in [-0.15, -0.1) is 0 Å². The van der Waals surface area contributed by atoms with Gasteiger partial charge in [-0.3, -0.25) is 4.57 Å². The average Bonchev–Trinajstić information content (AvgIpc) is 3.23. The summed E-state index contributed by atoms with van der Waals surface area (Å²) in [6, 6.07) is 8.52. The summed E-state index contributed by atoms with van der Waals surface area (Å²) < 4.78 is 20.7. The number of fused-ring (bicyclic) bond motifs is 2. The van der Waals surface area contributed by atoms with Crippen molar-refractivity contribution in [3.05, 3.63) is 48.0 Å². The number of aryl methyl sites for hydroxylation is 1. The molecule has 1 aliphatic rings. The number of aromatic nitrogens is 4. The molecule has 4 aromatic rings. The minimum Gasteiger partial charge on any atom is -0.356 e. The Bertz CT molecular complexity index is 1090. The van der Waals surface area contributed by atoms with Crippen LogP contribution in [0, 0.1) is 5.82 Å². The zero-order chi connectivity index (χ0) is 17.7. The molecule has 1 aliphatic heterocycles. The zero-order valence-corrected chi connectivity index (χ0v) is 14.4. The fourth-order valence-electron chi connectivity index (χ4n) is 3.87. The Balaban J connectivity index is 1.39. The minimum absolute atomic E-state index is 0.300. The summed E-state index contributed by atoms with van der Waals surface area (Å²) in [5, 5.41) is 5.13. The first-order chi connectivity index (χ1) is 12.7. The third-order valence-corrected chi connectivity index (χ3v) is 5.23. The summed E-state index contributed by atoms with van der Waals surface area (Å²) >= 11 is 0. The van der Waals surface area contributed by atoms with E-state index in [4.69, 9.17) is 9.51 Å². The van der Waals surface area contributed by atoms with E-state index in [1.54, 1.807) is 12.3 Å². The molecule has 5 rings (SSSR count). The lowest BCUT2D eigenvalue weighted by Gasteiger charge is -2.31. The molecular formula is C19H18FN5O. The molecule has 0 atom stereocenters. The van der Waals surface area contributed by atoms with Crippen LogP contribution in [0.4, 0.5) is 10.3 Å². The monoisotopic (exact) mass is 351 g/mol. The van der Waals surface area contributed by atoms with Gasteiger partial charge in [0.2, 0.25) is 5.95 Å². The van der Waals surface area contributed by atoms with Gasteiger partial charge in [-0.05, 0) is 37.1 Å². The Morgan fingerprint density at radius 1 is 1.19 bits per heavy atom. The van der Waals surface area contributed by atoms with Crippen molar-refractivity contribution in [2.45, 2.75) is 18.8 Å². The smallest absolute Gasteiger partial charge is 0.207 e. The van der Waals surface area contributed by atoms with E-state index in [9.17, 15) is 4.39 Å². The molecule has 6 nitrogen and oxygen atoms in total. The van der Waals surface area contributed by atoms with Crippen molar-refractivity contribution in [3.63, 3.8) is 0 Å². The summed E-state index contributed by atoms with van der Waals surface area (Å²) in [6.45, 7) is 1.77. The molecule has 0 radical (unpaired) electrons. The lowest BCUT2D eigenvalue weighted by atomic mass is 9.92. The van der Waals surface area contributed by atoms with Crippen LogP contribution in [0.3, 0.4) is 0 Å². The number of rotatable bonds is 2. The van der Waals surface area contributed by atoms with Crippen LogP contribution >= 0.6 is 0 Å². The molecule has 4 heterocycles. The van der Waals surface area contributed by atoms with Gasteiger partial charge in [-0.1, -0.05) is 5.16 Å². The number of anilines is 1. The van der Waals surface area contributed by atoms with Gasteiger partial charge in [0.15, 0.2) is 11.2 Å². The van der Waals surface area contributed by atoms with Gasteiger partial charge < -0.3 is 9.42 Å². The molecule has 0 aliphatic carbocycles. The van der Waals surface area contributed by atoms with Gasteiger partial charge in [0.05, 0.1) is 5.69 Å². The fourth-order valence-corrected chi connectivity index (χ4v) is 3.87. The van der Waals surface area contributed by atoms with E-state index in [1.807, 2.05) is 23.7 Å². The molecule has 1 saturated heterocycles. The zero-order valence-electron chi connectivity index (χ0n) is 14.4. The van der Waals surface area contributed by atoms with E-state index >= 15 is 0 Å². The van der Waals surface area contributed by atoms with Gasteiger partial charge in [0, 0.05) is 43.7 Å². The standard InChI is InChI=1S/C19H18FN5O/c1-24-18-15(3-2-8-21-18)22-19(24)25-9-6-12(7-10-25)17-14-5-4-13(20)11-16(14)26-23-17/h2-5,8,11-12H,6-7,9-10H2,1H3. The molecule has 1 aromatic carbocycles. The Morgan fingerprint density at radius 2 is 2.04 bits per heavy atom. The second-order valence-electron chi connectivity index (χ2n) is 6.79. The average molecular weight is 351 g/mol. The lowest BCUT2D eigenvalue weighted by Crippen LogP contribution is -2.34. The highest BCUT2D eigenvalue weighted by molar-refractivity contribution is 5.80. The summed E-state index contributed by atoms with van der Waals surface area (Å²) in [4.78, 5) is 11.4. The van der Waals surface area contributed by atoms with Crippen LogP contribution in [0.1, 0.15) is 24.5 Å². The van der Waals surface area contributed by atoms with Crippen molar-refractivity contribution >= 4 is 28.1 Å². The first-order valence-electron chi connectivity index (χ1n) is 8.78. The third kappa shape index (κ3) is 2.34. The largest absolute Gasteiger partial charge is 0.356 e. The van der Waals surface area contributed by atoms with E-state index in [-0.39, 0.29) is 5.82 Å². The first-order valence-corrected chi connectivity index (χ1v) is 8.78. The molecule has 26 heavy (non-hydrogen) atoms. The van der Waals surface area contributed by atoms with Gasteiger partial charge >= 0.3 is 0 Å². The normalized spacial score (nSPS) is 16.0. The Kier molecular flexibility index (Phi) is 3.41. The predicted octanol–water partition coefficient (Wildman–Crippen LogP) is 3.63. The maximum atomic E-state index is 13.3. The second kappa shape index (κ2) is 5.79. The van der Waals surface area contributed by atoms with Crippen LogP contribution in [0.2, 0.25) is 0 Å². The number of benzene rings is 1. The summed E-state index contributed by atoms with van der Waals surface area (Å²) in [7, 11) is 2.00. The van der Waals surface area contributed by atoms with Crippen molar-refractivity contribution in [2.75, 3.05) is 18.0 Å². The highest BCUT2D eigenvalue weighted by Crippen LogP contribution is 2.34. The van der Waals surface area contributed by atoms with Gasteiger partial charge in [-0.2, -0.15) is 0 Å². The van der Waals surface area contributed by atoms with Crippen molar-refractivity contribution in [3.8, 4) is 0 Å². The topological polar surface area (TPSA) is 60.0 Å². The second-order valence-corrected chi connectivity index (χ2v) is 6.79. The quantitative estimate of drug-likeness (QED) is 0.552. The Labute approximate surface area is 149 Å². The third-order valence-electron chi connectivity index (χ3n) is 5.23. The Hall–Kier alpha value is -2.96. The molecule has 0 amide bonds. The molecule has 0 spiro atoms. The number of imidazole rings is 1.